The predicted octanol–water partition coefficient (Wildman–Crippen LogP) is 3.64. The summed E-state index contributed by atoms with van der Waals surface area (Å²) in [5, 5.41) is 20.9. The van der Waals surface area contributed by atoms with Crippen LogP contribution in [-0.4, -0.2) is 43.3 Å². The van der Waals surface area contributed by atoms with Gasteiger partial charge in [-0.15, -0.1) is 0 Å². The molecule has 0 aliphatic rings. The molecule has 0 unspecified atom stereocenters. The average Bonchev–Trinajstić information content (AvgIpc) is 2.77. The van der Waals surface area contributed by atoms with Gasteiger partial charge in [-0.25, -0.2) is 9.59 Å². The Kier molecular flexibility index (Phi) is 8.80. The normalized spacial score (nSPS) is 10.6. The summed E-state index contributed by atoms with van der Waals surface area (Å²) in [5.74, 6) is -1.84. The molecule has 0 fully saturated rings. The molecule has 0 heterocycles. The van der Waals surface area contributed by atoms with Crippen molar-refractivity contribution in [2.75, 3.05) is 25.6 Å². The first-order valence-corrected chi connectivity index (χ1v) is 10.0. The third-order valence-electron chi connectivity index (χ3n) is 3.94. The van der Waals surface area contributed by atoms with Gasteiger partial charge in [-0.2, -0.15) is 5.26 Å². The second-order valence-corrected chi connectivity index (χ2v) is 6.98. The van der Waals surface area contributed by atoms with Gasteiger partial charge in [0.25, 0.3) is 5.91 Å². The summed E-state index contributed by atoms with van der Waals surface area (Å²) >= 11 is 3.33. The molecule has 0 saturated carbocycles. The van der Waals surface area contributed by atoms with Crippen molar-refractivity contribution in [3.05, 3.63) is 57.6 Å². The lowest BCUT2D eigenvalue weighted by molar-refractivity contribution is -0.139. The number of carbonyl (C=O) groups is 3. The number of carboxylic acids is 1. The van der Waals surface area contributed by atoms with Crippen molar-refractivity contribution in [2.45, 2.75) is 6.92 Å². The summed E-state index contributed by atoms with van der Waals surface area (Å²) in [4.78, 5) is 34.8. The first-order valence-electron chi connectivity index (χ1n) is 9.21. The van der Waals surface area contributed by atoms with Crippen LogP contribution in [0.2, 0.25) is 0 Å². The van der Waals surface area contributed by atoms with Crippen molar-refractivity contribution in [3.8, 4) is 17.6 Å². The van der Waals surface area contributed by atoms with Crippen LogP contribution in [0.4, 0.5) is 5.69 Å². The summed E-state index contributed by atoms with van der Waals surface area (Å²) in [6.07, 6.45) is 1.35. The molecule has 10 heteroatoms. The van der Waals surface area contributed by atoms with Crippen molar-refractivity contribution < 1.29 is 33.7 Å². The molecule has 166 valence electrons. The Bertz CT molecular complexity index is 1090. The Labute approximate surface area is 192 Å². The summed E-state index contributed by atoms with van der Waals surface area (Å²) in [6.45, 7) is 1.49. The van der Waals surface area contributed by atoms with Crippen LogP contribution in [0.3, 0.4) is 0 Å². The second kappa shape index (κ2) is 11.5. The zero-order valence-electron chi connectivity index (χ0n) is 17.2. The van der Waals surface area contributed by atoms with Crippen LogP contribution in [0.15, 0.2) is 46.4 Å². The number of anilines is 1. The number of carboxylic acid groups (broad SMARTS) is 1. The van der Waals surface area contributed by atoms with Gasteiger partial charge in [-0.05, 0) is 55.0 Å². The average molecular weight is 503 g/mol. The summed E-state index contributed by atoms with van der Waals surface area (Å²) in [5.41, 5.74) is 0.961. The lowest BCUT2D eigenvalue weighted by Gasteiger charge is -2.13. The maximum atomic E-state index is 12.6. The van der Waals surface area contributed by atoms with E-state index in [0.717, 1.165) is 0 Å². The van der Waals surface area contributed by atoms with E-state index in [9.17, 15) is 19.6 Å². The molecule has 0 aliphatic carbocycles. The van der Waals surface area contributed by atoms with Crippen LogP contribution in [0.1, 0.15) is 22.8 Å². The fourth-order valence-corrected chi connectivity index (χ4v) is 2.93. The van der Waals surface area contributed by atoms with Gasteiger partial charge >= 0.3 is 11.9 Å². The SMILES string of the molecule is CCOc1cc(/C=C(\C#N)C(=O)Nc2ccc(C(=O)OC)cc2)c(Br)cc1OCC(=O)O. The molecular weight excluding hydrogens is 484 g/mol. The Morgan fingerprint density at radius 3 is 2.38 bits per heavy atom. The van der Waals surface area contributed by atoms with Gasteiger partial charge in [-0.3, -0.25) is 4.79 Å². The first-order chi connectivity index (χ1) is 15.3. The monoisotopic (exact) mass is 502 g/mol. The molecule has 9 nitrogen and oxygen atoms in total. The van der Waals surface area contributed by atoms with Gasteiger partial charge in [0, 0.05) is 10.2 Å². The number of ether oxygens (including phenoxy) is 3. The lowest BCUT2D eigenvalue weighted by Crippen LogP contribution is -2.13. The predicted molar refractivity (Wildman–Crippen MR) is 118 cm³/mol. The van der Waals surface area contributed by atoms with Gasteiger partial charge in [0.2, 0.25) is 0 Å². The molecule has 2 aromatic carbocycles. The Morgan fingerprint density at radius 2 is 1.81 bits per heavy atom. The number of nitriles is 1. The number of rotatable bonds is 9. The number of amides is 1. The molecule has 0 saturated heterocycles. The van der Waals surface area contributed by atoms with E-state index in [4.69, 9.17) is 14.6 Å². The highest BCUT2D eigenvalue weighted by Gasteiger charge is 2.15. The summed E-state index contributed by atoms with van der Waals surface area (Å²) in [7, 11) is 1.27. The molecule has 2 rings (SSSR count). The minimum Gasteiger partial charge on any atom is -0.490 e. The summed E-state index contributed by atoms with van der Waals surface area (Å²) in [6, 6.07) is 10.9. The molecule has 0 spiro atoms. The lowest BCUT2D eigenvalue weighted by atomic mass is 10.1. The molecular formula is C22H19BrN2O7. The van der Waals surface area contributed by atoms with Crippen LogP contribution in [0.5, 0.6) is 11.5 Å². The van der Waals surface area contributed by atoms with Gasteiger partial charge < -0.3 is 24.6 Å². The van der Waals surface area contributed by atoms with Gasteiger partial charge in [0.15, 0.2) is 18.1 Å². The molecule has 2 aromatic rings. The number of nitrogens with zero attached hydrogens (tertiary/aromatic N) is 1. The van der Waals surface area contributed by atoms with Crippen LogP contribution in [0.25, 0.3) is 6.08 Å². The Morgan fingerprint density at radius 1 is 1.16 bits per heavy atom. The first kappa shape index (κ1) is 24.4. The van der Waals surface area contributed by atoms with Crippen LogP contribution in [0, 0.1) is 11.3 Å². The molecule has 1 amide bonds. The van der Waals surface area contributed by atoms with Gasteiger partial charge in [0.05, 0.1) is 19.3 Å². The van der Waals surface area contributed by atoms with E-state index in [1.807, 2.05) is 6.07 Å². The number of benzene rings is 2. The molecule has 2 N–H and O–H groups in total. The Balaban J connectivity index is 2.28. The highest BCUT2D eigenvalue weighted by Crippen LogP contribution is 2.35. The van der Waals surface area contributed by atoms with Crippen LogP contribution >= 0.6 is 15.9 Å². The Hall–Kier alpha value is -3.84. The highest BCUT2D eigenvalue weighted by molar-refractivity contribution is 9.10. The van der Waals surface area contributed by atoms with Crippen molar-refractivity contribution in [2.24, 2.45) is 0 Å². The molecule has 0 bridgehead atoms. The van der Waals surface area contributed by atoms with E-state index >= 15 is 0 Å². The maximum Gasteiger partial charge on any atom is 0.341 e. The number of hydrogen-bond acceptors (Lipinski definition) is 7. The van der Waals surface area contributed by atoms with Crippen LogP contribution in [-0.2, 0) is 14.3 Å². The molecule has 0 aliphatic heterocycles. The van der Waals surface area contributed by atoms with Gasteiger partial charge in [0.1, 0.15) is 11.6 Å². The number of aliphatic carboxylic acids is 1. The number of methoxy groups -OCH3 is 1. The minimum absolute atomic E-state index is 0.190. The van der Waals surface area contributed by atoms with E-state index in [2.05, 4.69) is 26.0 Å². The number of carbonyl (C=O) groups excluding carboxylic acids is 2. The number of halogens is 1. The quantitative estimate of drug-likeness (QED) is 0.301. The third kappa shape index (κ3) is 6.58. The van der Waals surface area contributed by atoms with Crippen molar-refractivity contribution in [1.82, 2.24) is 0 Å². The number of nitrogens with one attached hydrogen (secondary N) is 1. The third-order valence-corrected chi connectivity index (χ3v) is 4.63. The smallest absolute Gasteiger partial charge is 0.341 e. The van der Waals surface area contributed by atoms with Crippen molar-refractivity contribution in [1.29, 1.82) is 5.26 Å². The fraction of sp³-hybridized carbons (Fsp3) is 0.182. The fourth-order valence-electron chi connectivity index (χ4n) is 2.49. The summed E-state index contributed by atoms with van der Waals surface area (Å²) < 4.78 is 15.8. The molecule has 32 heavy (non-hydrogen) atoms. The maximum absolute atomic E-state index is 12.6. The topological polar surface area (TPSA) is 135 Å². The van der Waals surface area contributed by atoms with Gasteiger partial charge in [-0.1, -0.05) is 15.9 Å². The highest BCUT2D eigenvalue weighted by atomic mass is 79.9. The van der Waals surface area contributed by atoms with E-state index in [-0.39, 0.29) is 17.1 Å². The largest absolute Gasteiger partial charge is 0.490 e. The number of hydrogen-bond donors (Lipinski definition) is 2. The zero-order chi connectivity index (χ0) is 23.7. The zero-order valence-corrected chi connectivity index (χ0v) is 18.8. The standard InChI is InChI=1S/C22H19BrN2O7/c1-3-31-18-9-14(17(23)10-19(18)32-12-20(26)27)8-15(11-24)21(28)25-16-6-4-13(5-7-16)22(29)30-2/h4-10H,3,12H2,1-2H3,(H,25,28)(H,26,27)/b15-8+. The van der Waals surface area contributed by atoms with E-state index in [1.54, 1.807) is 6.92 Å². The van der Waals surface area contributed by atoms with E-state index < -0.39 is 24.5 Å². The molecule has 0 atom stereocenters. The van der Waals surface area contributed by atoms with E-state index in [0.29, 0.717) is 27.9 Å². The van der Waals surface area contributed by atoms with Crippen molar-refractivity contribution >= 4 is 45.5 Å². The van der Waals surface area contributed by atoms with Crippen LogP contribution < -0.4 is 14.8 Å². The molecule has 0 aromatic heterocycles. The number of esters is 1. The molecule has 0 radical (unpaired) electrons. The second-order valence-electron chi connectivity index (χ2n) is 6.13. The minimum atomic E-state index is -1.14. The van der Waals surface area contributed by atoms with E-state index in [1.165, 1.54) is 49.6 Å². The van der Waals surface area contributed by atoms with Crippen molar-refractivity contribution in [3.63, 3.8) is 0 Å².